The van der Waals surface area contributed by atoms with E-state index in [4.69, 9.17) is 16.3 Å². The SMILES string of the molecule is COc1ccc(NC(=O)N2CCN(Cc3cccnc3)CC2)c(Cl)c1. The second kappa shape index (κ2) is 8.18. The fourth-order valence-corrected chi connectivity index (χ4v) is 3.00. The normalized spacial score (nSPS) is 15.0. The fraction of sp³-hybridized carbons (Fsp3) is 0.333. The molecule has 7 heteroatoms. The van der Waals surface area contributed by atoms with Crippen LogP contribution in [0.25, 0.3) is 0 Å². The van der Waals surface area contributed by atoms with E-state index in [0.29, 0.717) is 29.5 Å². The first-order valence-corrected chi connectivity index (χ1v) is 8.54. The summed E-state index contributed by atoms with van der Waals surface area (Å²) in [6.45, 7) is 3.88. The summed E-state index contributed by atoms with van der Waals surface area (Å²) in [4.78, 5) is 20.7. The smallest absolute Gasteiger partial charge is 0.321 e. The third kappa shape index (κ3) is 4.61. The molecule has 0 atom stereocenters. The number of nitrogens with zero attached hydrogens (tertiary/aromatic N) is 3. The van der Waals surface area contributed by atoms with Gasteiger partial charge in [0.05, 0.1) is 17.8 Å². The van der Waals surface area contributed by atoms with E-state index in [1.807, 2.05) is 12.3 Å². The van der Waals surface area contributed by atoms with Crippen LogP contribution in [0.3, 0.4) is 0 Å². The average Bonchev–Trinajstić information content (AvgIpc) is 2.64. The molecule has 1 N–H and O–H groups in total. The highest BCUT2D eigenvalue weighted by Gasteiger charge is 2.21. The third-order valence-corrected chi connectivity index (χ3v) is 4.52. The minimum absolute atomic E-state index is 0.131. The fourth-order valence-electron chi connectivity index (χ4n) is 2.78. The maximum absolute atomic E-state index is 12.4. The molecule has 132 valence electrons. The van der Waals surface area contributed by atoms with E-state index in [-0.39, 0.29) is 6.03 Å². The molecule has 0 radical (unpaired) electrons. The maximum atomic E-state index is 12.4. The lowest BCUT2D eigenvalue weighted by Gasteiger charge is -2.34. The van der Waals surface area contributed by atoms with Crippen LogP contribution in [0.5, 0.6) is 5.75 Å². The third-order valence-electron chi connectivity index (χ3n) is 4.21. The van der Waals surface area contributed by atoms with Crippen LogP contribution in [-0.2, 0) is 6.54 Å². The van der Waals surface area contributed by atoms with Crippen molar-refractivity contribution < 1.29 is 9.53 Å². The Labute approximate surface area is 152 Å². The zero-order valence-electron chi connectivity index (χ0n) is 14.1. The summed E-state index contributed by atoms with van der Waals surface area (Å²) in [5, 5.41) is 3.33. The predicted molar refractivity (Wildman–Crippen MR) is 98.1 cm³/mol. The van der Waals surface area contributed by atoms with Crippen molar-refractivity contribution >= 4 is 23.3 Å². The van der Waals surface area contributed by atoms with Gasteiger partial charge >= 0.3 is 6.03 Å². The van der Waals surface area contributed by atoms with Crippen LogP contribution in [0.2, 0.25) is 5.02 Å². The second-order valence-electron chi connectivity index (χ2n) is 5.90. The highest BCUT2D eigenvalue weighted by Crippen LogP contribution is 2.26. The molecule has 2 aromatic rings. The number of carbonyl (C=O) groups excluding carboxylic acids is 1. The Kier molecular flexibility index (Phi) is 5.73. The van der Waals surface area contributed by atoms with Crippen molar-refractivity contribution in [3.05, 3.63) is 53.3 Å². The lowest BCUT2D eigenvalue weighted by molar-refractivity contribution is 0.143. The van der Waals surface area contributed by atoms with Crippen LogP contribution >= 0.6 is 11.6 Å². The van der Waals surface area contributed by atoms with Crippen LogP contribution in [0.4, 0.5) is 10.5 Å². The number of ether oxygens (including phenoxy) is 1. The first-order valence-electron chi connectivity index (χ1n) is 8.16. The molecule has 3 rings (SSSR count). The molecule has 0 aliphatic carbocycles. The van der Waals surface area contributed by atoms with E-state index in [0.717, 1.165) is 19.6 Å². The van der Waals surface area contributed by atoms with Crippen molar-refractivity contribution in [3.63, 3.8) is 0 Å². The highest BCUT2D eigenvalue weighted by atomic mass is 35.5. The quantitative estimate of drug-likeness (QED) is 0.910. The van der Waals surface area contributed by atoms with E-state index in [2.05, 4.69) is 21.3 Å². The Balaban J connectivity index is 1.51. The number of hydrogen-bond donors (Lipinski definition) is 1. The van der Waals surface area contributed by atoms with Gasteiger partial charge in [0.1, 0.15) is 5.75 Å². The van der Waals surface area contributed by atoms with E-state index in [1.165, 1.54) is 5.56 Å². The molecule has 0 saturated carbocycles. The number of hydrogen-bond acceptors (Lipinski definition) is 4. The van der Waals surface area contributed by atoms with E-state index < -0.39 is 0 Å². The summed E-state index contributed by atoms with van der Waals surface area (Å²) in [5.74, 6) is 0.659. The molecular weight excluding hydrogens is 340 g/mol. The van der Waals surface area contributed by atoms with Gasteiger partial charge in [-0.05, 0) is 23.8 Å². The number of anilines is 1. The summed E-state index contributed by atoms with van der Waals surface area (Å²) in [7, 11) is 1.58. The molecular formula is C18H21ClN4O2. The molecule has 1 saturated heterocycles. The monoisotopic (exact) mass is 360 g/mol. The molecule has 0 spiro atoms. The molecule has 2 amide bonds. The highest BCUT2D eigenvalue weighted by molar-refractivity contribution is 6.33. The molecule has 1 aliphatic heterocycles. The Morgan fingerprint density at radius 1 is 1.28 bits per heavy atom. The molecule has 25 heavy (non-hydrogen) atoms. The van der Waals surface area contributed by atoms with Gasteiger partial charge in [0.2, 0.25) is 0 Å². The number of methoxy groups -OCH3 is 1. The minimum Gasteiger partial charge on any atom is -0.497 e. The topological polar surface area (TPSA) is 57.7 Å². The Morgan fingerprint density at radius 3 is 2.72 bits per heavy atom. The van der Waals surface area contributed by atoms with Crippen molar-refractivity contribution in [2.75, 3.05) is 38.6 Å². The number of carbonyl (C=O) groups is 1. The van der Waals surface area contributed by atoms with Crippen LogP contribution in [0.1, 0.15) is 5.56 Å². The molecule has 6 nitrogen and oxygen atoms in total. The predicted octanol–water partition coefficient (Wildman–Crippen LogP) is 3.09. The molecule has 1 aromatic heterocycles. The van der Waals surface area contributed by atoms with Gasteiger partial charge in [-0.2, -0.15) is 0 Å². The number of amides is 2. The zero-order valence-corrected chi connectivity index (χ0v) is 14.9. The number of aromatic nitrogens is 1. The number of urea groups is 1. The van der Waals surface area contributed by atoms with Gasteiger partial charge in [0, 0.05) is 51.2 Å². The van der Waals surface area contributed by atoms with Gasteiger partial charge in [-0.25, -0.2) is 4.79 Å². The standard InChI is InChI=1S/C18H21ClN4O2/c1-25-15-4-5-17(16(19)11-15)21-18(24)23-9-7-22(8-10-23)13-14-3-2-6-20-12-14/h2-6,11-12H,7-10,13H2,1H3,(H,21,24). The van der Waals surface area contributed by atoms with E-state index in [9.17, 15) is 4.79 Å². The Bertz CT molecular complexity index is 718. The number of nitrogens with one attached hydrogen (secondary N) is 1. The van der Waals surface area contributed by atoms with Crippen LogP contribution in [0, 0.1) is 0 Å². The number of benzene rings is 1. The number of pyridine rings is 1. The van der Waals surface area contributed by atoms with Crippen molar-refractivity contribution in [2.24, 2.45) is 0 Å². The molecule has 0 bridgehead atoms. The summed E-state index contributed by atoms with van der Waals surface area (Å²) in [6, 6.07) is 9.08. The molecule has 1 aliphatic rings. The molecule has 1 aromatic carbocycles. The molecule has 0 unspecified atom stereocenters. The first-order chi connectivity index (χ1) is 12.2. The van der Waals surface area contributed by atoms with E-state index in [1.54, 1.807) is 36.4 Å². The summed E-state index contributed by atoms with van der Waals surface area (Å²) < 4.78 is 5.11. The number of piperazine rings is 1. The van der Waals surface area contributed by atoms with Crippen LogP contribution < -0.4 is 10.1 Å². The van der Waals surface area contributed by atoms with Gasteiger partial charge < -0.3 is 15.0 Å². The van der Waals surface area contributed by atoms with Crippen molar-refractivity contribution in [1.29, 1.82) is 0 Å². The van der Waals surface area contributed by atoms with Crippen LogP contribution in [-0.4, -0.2) is 54.1 Å². The van der Waals surface area contributed by atoms with E-state index >= 15 is 0 Å². The van der Waals surface area contributed by atoms with Gasteiger partial charge in [-0.1, -0.05) is 17.7 Å². The van der Waals surface area contributed by atoms with Gasteiger partial charge in [-0.15, -0.1) is 0 Å². The van der Waals surface area contributed by atoms with Gasteiger partial charge in [0.15, 0.2) is 0 Å². The van der Waals surface area contributed by atoms with Gasteiger partial charge in [0.25, 0.3) is 0 Å². The maximum Gasteiger partial charge on any atom is 0.321 e. The number of rotatable bonds is 4. The minimum atomic E-state index is -0.131. The second-order valence-corrected chi connectivity index (χ2v) is 6.31. The Hall–Kier alpha value is -2.31. The number of halogens is 1. The van der Waals surface area contributed by atoms with Gasteiger partial charge in [-0.3, -0.25) is 9.88 Å². The lowest BCUT2D eigenvalue weighted by atomic mass is 10.2. The lowest BCUT2D eigenvalue weighted by Crippen LogP contribution is -2.49. The molecule has 1 fully saturated rings. The summed E-state index contributed by atoms with van der Waals surface area (Å²) in [6.07, 6.45) is 3.65. The van der Waals surface area contributed by atoms with Crippen molar-refractivity contribution in [1.82, 2.24) is 14.8 Å². The zero-order chi connectivity index (χ0) is 17.6. The Morgan fingerprint density at radius 2 is 2.08 bits per heavy atom. The van der Waals surface area contributed by atoms with Crippen molar-refractivity contribution in [3.8, 4) is 5.75 Å². The largest absolute Gasteiger partial charge is 0.497 e. The van der Waals surface area contributed by atoms with Crippen LogP contribution in [0.15, 0.2) is 42.7 Å². The summed E-state index contributed by atoms with van der Waals surface area (Å²) >= 11 is 6.18. The summed E-state index contributed by atoms with van der Waals surface area (Å²) in [5.41, 5.74) is 1.77. The first kappa shape index (κ1) is 17.5. The van der Waals surface area contributed by atoms with Crippen molar-refractivity contribution in [2.45, 2.75) is 6.54 Å². The average molecular weight is 361 g/mol. The molecule has 2 heterocycles.